The average molecular weight is 278 g/mol. The van der Waals surface area contributed by atoms with Gasteiger partial charge in [-0.15, -0.1) is 0 Å². The third-order valence-electron chi connectivity index (χ3n) is 4.68. The highest BCUT2D eigenvalue weighted by Gasteiger charge is 2.30. The fraction of sp³-hybridized carbons (Fsp3) is 0.647. The van der Waals surface area contributed by atoms with Crippen molar-refractivity contribution in [1.82, 2.24) is 0 Å². The zero-order valence-corrected chi connectivity index (χ0v) is 12.8. The molecule has 1 unspecified atom stereocenters. The van der Waals surface area contributed by atoms with Crippen molar-refractivity contribution in [3.63, 3.8) is 0 Å². The van der Waals surface area contributed by atoms with Gasteiger partial charge in [0, 0.05) is 0 Å². The number of hydrogen-bond donors (Lipinski definition) is 1. The van der Waals surface area contributed by atoms with Crippen molar-refractivity contribution in [2.24, 2.45) is 11.8 Å². The summed E-state index contributed by atoms with van der Waals surface area (Å²) in [5, 5.41) is 10.8. The lowest BCUT2D eigenvalue weighted by Crippen LogP contribution is -2.21. The second-order valence-electron chi connectivity index (χ2n) is 5.71. The Bertz CT molecular complexity index is 400. The number of aliphatic hydroxyl groups excluding tert-OH is 1. The van der Waals surface area contributed by atoms with Gasteiger partial charge in [0.15, 0.2) is 0 Å². The van der Waals surface area contributed by atoms with Crippen LogP contribution < -0.4 is 9.47 Å². The van der Waals surface area contributed by atoms with E-state index >= 15 is 0 Å². The first-order valence-electron chi connectivity index (χ1n) is 7.60. The van der Waals surface area contributed by atoms with Crippen LogP contribution in [0.3, 0.4) is 0 Å². The Morgan fingerprint density at radius 3 is 2.10 bits per heavy atom. The molecule has 2 rings (SSSR count). The van der Waals surface area contributed by atoms with E-state index in [0.29, 0.717) is 5.92 Å². The molecule has 1 saturated carbocycles. The molecule has 112 valence electrons. The second-order valence-corrected chi connectivity index (χ2v) is 5.71. The Kier molecular flexibility index (Phi) is 5.30. The number of methoxy groups -OCH3 is 2. The third kappa shape index (κ3) is 3.09. The summed E-state index contributed by atoms with van der Waals surface area (Å²) in [5.74, 6) is 2.57. The minimum atomic E-state index is -0.501. The molecule has 0 aromatic heterocycles. The van der Waals surface area contributed by atoms with Gasteiger partial charge in [0.2, 0.25) is 0 Å². The molecule has 1 atom stereocenters. The maximum absolute atomic E-state index is 10.8. The number of hydrogen-bond acceptors (Lipinski definition) is 3. The molecule has 0 spiro atoms. The van der Waals surface area contributed by atoms with Crippen LogP contribution in [0.25, 0.3) is 0 Å². The lowest BCUT2D eigenvalue weighted by atomic mass is 9.77. The SMILES string of the molecule is CCC1CCC(C(O)c2c(OC)cccc2OC)CC1. The van der Waals surface area contributed by atoms with Crippen molar-refractivity contribution in [3.05, 3.63) is 23.8 Å². The van der Waals surface area contributed by atoms with Gasteiger partial charge in [0.1, 0.15) is 11.5 Å². The van der Waals surface area contributed by atoms with Crippen molar-refractivity contribution in [2.75, 3.05) is 14.2 Å². The maximum Gasteiger partial charge on any atom is 0.128 e. The second kappa shape index (κ2) is 6.98. The highest BCUT2D eigenvalue weighted by atomic mass is 16.5. The lowest BCUT2D eigenvalue weighted by Gasteiger charge is -2.32. The summed E-state index contributed by atoms with van der Waals surface area (Å²) >= 11 is 0. The molecule has 0 heterocycles. The summed E-state index contributed by atoms with van der Waals surface area (Å²) in [6.07, 6.45) is 5.35. The summed E-state index contributed by atoms with van der Waals surface area (Å²) in [7, 11) is 3.28. The van der Waals surface area contributed by atoms with Crippen LogP contribution in [-0.4, -0.2) is 19.3 Å². The molecule has 1 fully saturated rings. The first-order valence-corrected chi connectivity index (χ1v) is 7.60. The van der Waals surface area contributed by atoms with Gasteiger partial charge in [-0.3, -0.25) is 0 Å². The fourth-order valence-corrected chi connectivity index (χ4v) is 3.32. The molecule has 1 aliphatic rings. The van der Waals surface area contributed by atoms with Crippen molar-refractivity contribution >= 4 is 0 Å². The standard InChI is InChI=1S/C17H26O3/c1-4-12-8-10-13(11-9-12)17(18)16-14(19-2)6-5-7-15(16)20-3/h5-7,12-13,17-18H,4,8-11H2,1-3H3. The van der Waals surface area contributed by atoms with Gasteiger partial charge in [-0.05, 0) is 36.8 Å². The molecule has 0 saturated heterocycles. The molecule has 0 aliphatic heterocycles. The van der Waals surface area contributed by atoms with Crippen LogP contribution in [0.4, 0.5) is 0 Å². The van der Waals surface area contributed by atoms with E-state index in [1.165, 1.54) is 19.3 Å². The molecule has 0 radical (unpaired) electrons. The van der Waals surface area contributed by atoms with Gasteiger partial charge in [-0.25, -0.2) is 0 Å². The monoisotopic (exact) mass is 278 g/mol. The molecule has 20 heavy (non-hydrogen) atoms. The van der Waals surface area contributed by atoms with Gasteiger partial charge < -0.3 is 14.6 Å². The van der Waals surface area contributed by atoms with E-state index in [1.807, 2.05) is 18.2 Å². The molecule has 1 aromatic carbocycles. The Labute approximate surface area is 121 Å². The topological polar surface area (TPSA) is 38.7 Å². The minimum absolute atomic E-state index is 0.308. The van der Waals surface area contributed by atoms with Gasteiger partial charge in [0.05, 0.1) is 25.9 Å². The Morgan fingerprint density at radius 1 is 1.10 bits per heavy atom. The van der Waals surface area contributed by atoms with Crippen molar-refractivity contribution in [2.45, 2.75) is 45.1 Å². The zero-order chi connectivity index (χ0) is 14.5. The summed E-state index contributed by atoms with van der Waals surface area (Å²) in [5.41, 5.74) is 0.803. The van der Waals surface area contributed by atoms with Crippen LogP contribution >= 0.6 is 0 Å². The Balaban J connectivity index is 2.18. The third-order valence-corrected chi connectivity index (χ3v) is 4.68. The average Bonchev–Trinajstić information content (AvgIpc) is 2.53. The van der Waals surface area contributed by atoms with E-state index in [0.717, 1.165) is 35.8 Å². The summed E-state index contributed by atoms with van der Waals surface area (Å²) < 4.78 is 10.8. The molecular weight excluding hydrogens is 252 g/mol. The predicted octanol–water partition coefficient (Wildman–Crippen LogP) is 3.95. The molecule has 0 bridgehead atoms. The molecule has 0 amide bonds. The van der Waals surface area contributed by atoms with E-state index < -0.39 is 6.10 Å². The van der Waals surface area contributed by atoms with Gasteiger partial charge in [-0.1, -0.05) is 32.3 Å². The van der Waals surface area contributed by atoms with E-state index in [1.54, 1.807) is 14.2 Å². The van der Waals surface area contributed by atoms with E-state index in [9.17, 15) is 5.11 Å². The van der Waals surface area contributed by atoms with E-state index in [4.69, 9.17) is 9.47 Å². The molecule has 3 heteroatoms. The molecule has 3 nitrogen and oxygen atoms in total. The van der Waals surface area contributed by atoms with Gasteiger partial charge in [-0.2, -0.15) is 0 Å². The van der Waals surface area contributed by atoms with Crippen molar-refractivity contribution < 1.29 is 14.6 Å². The van der Waals surface area contributed by atoms with Gasteiger partial charge >= 0.3 is 0 Å². The van der Waals surface area contributed by atoms with Crippen LogP contribution in [-0.2, 0) is 0 Å². The summed E-state index contributed by atoms with van der Waals surface area (Å²) in [6, 6.07) is 5.67. The maximum atomic E-state index is 10.8. The van der Waals surface area contributed by atoms with Crippen LogP contribution in [0.15, 0.2) is 18.2 Å². The highest BCUT2D eigenvalue weighted by Crippen LogP contribution is 2.43. The number of aliphatic hydroxyl groups is 1. The first kappa shape index (κ1) is 15.2. The fourth-order valence-electron chi connectivity index (χ4n) is 3.32. The van der Waals surface area contributed by atoms with Crippen molar-refractivity contribution in [1.29, 1.82) is 0 Å². The number of ether oxygens (including phenoxy) is 2. The van der Waals surface area contributed by atoms with Crippen LogP contribution in [0.1, 0.15) is 50.7 Å². The Hall–Kier alpha value is -1.22. The quantitative estimate of drug-likeness (QED) is 0.886. The van der Waals surface area contributed by atoms with Crippen LogP contribution in [0.2, 0.25) is 0 Å². The lowest BCUT2D eigenvalue weighted by molar-refractivity contribution is 0.0687. The summed E-state index contributed by atoms with van der Waals surface area (Å²) in [6.45, 7) is 2.25. The van der Waals surface area contributed by atoms with Gasteiger partial charge in [0.25, 0.3) is 0 Å². The number of rotatable bonds is 5. The molecule has 1 aromatic rings. The number of benzene rings is 1. The first-order chi connectivity index (χ1) is 9.71. The highest BCUT2D eigenvalue weighted by molar-refractivity contribution is 5.46. The smallest absolute Gasteiger partial charge is 0.128 e. The Morgan fingerprint density at radius 2 is 1.65 bits per heavy atom. The predicted molar refractivity (Wildman–Crippen MR) is 80.2 cm³/mol. The van der Waals surface area contributed by atoms with Crippen LogP contribution in [0.5, 0.6) is 11.5 Å². The largest absolute Gasteiger partial charge is 0.496 e. The molecule has 1 aliphatic carbocycles. The minimum Gasteiger partial charge on any atom is -0.496 e. The van der Waals surface area contributed by atoms with Crippen molar-refractivity contribution in [3.8, 4) is 11.5 Å². The van der Waals surface area contributed by atoms with E-state index in [2.05, 4.69) is 6.92 Å². The van der Waals surface area contributed by atoms with Crippen LogP contribution in [0, 0.1) is 11.8 Å². The normalized spacial score (nSPS) is 24.2. The van der Waals surface area contributed by atoms with E-state index in [-0.39, 0.29) is 0 Å². The molecular formula is C17H26O3. The summed E-state index contributed by atoms with van der Waals surface area (Å²) in [4.78, 5) is 0. The molecule has 1 N–H and O–H groups in total. The zero-order valence-electron chi connectivity index (χ0n) is 12.8.